The summed E-state index contributed by atoms with van der Waals surface area (Å²) in [6.45, 7) is 5.11. The maximum absolute atomic E-state index is 4.86. The number of nitrogens with one attached hydrogen (secondary N) is 1. The molecule has 0 spiro atoms. The van der Waals surface area contributed by atoms with Crippen LogP contribution in [0.1, 0.15) is 17.8 Å². The molecule has 1 aromatic carbocycles. The van der Waals surface area contributed by atoms with Gasteiger partial charge in [0.2, 0.25) is 0 Å². The molecule has 2 aromatic heterocycles. The van der Waals surface area contributed by atoms with E-state index in [1.807, 2.05) is 18.5 Å². The fourth-order valence-electron chi connectivity index (χ4n) is 3.71. The average Bonchev–Trinajstić information content (AvgIpc) is 3.25. The molecule has 0 amide bonds. The second-order valence-electron chi connectivity index (χ2n) is 6.97. The Balaban J connectivity index is 1.56. The van der Waals surface area contributed by atoms with Crippen LogP contribution in [0.25, 0.3) is 11.0 Å². The van der Waals surface area contributed by atoms with Crippen molar-refractivity contribution >= 4 is 11.0 Å². The van der Waals surface area contributed by atoms with Crippen molar-refractivity contribution in [1.82, 2.24) is 24.8 Å². The van der Waals surface area contributed by atoms with E-state index in [4.69, 9.17) is 4.98 Å². The van der Waals surface area contributed by atoms with Crippen LogP contribution in [0.3, 0.4) is 0 Å². The molecular weight excluding hydrogens is 310 g/mol. The van der Waals surface area contributed by atoms with Gasteiger partial charge in [0.15, 0.2) is 0 Å². The first-order valence-corrected chi connectivity index (χ1v) is 9.02. The molecule has 3 aromatic rings. The Bertz CT molecular complexity index is 820. The quantitative estimate of drug-likeness (QED) is 0.752. The first-order valence-electron chi connectivity index (χ1n) is 9.02. The number of pyridine rings is 1. The lowest BCUT2D eigenvalue weighted by Gasteiger charge is -2.25. The van der Waals surface area contributed by atoms with Gasteiger partial charge in [-0.3, -0.25) is 9.88 Å². The van der Waals surface area contributed by atoms with E-state index in [0.717, 1.165) is 44.1 Å². The van der Waals surface area contributed by atoms with Crippen LogP contribution in [0.15, 0.2) is 48.8 Å². The summed E-state index contributed by atoms with van der Waals surface area (Å²) < 4.78 is 2.22. The minimum absolute atomic E-state index is 0.714. The van der Waals surface area contributed by atoms with Crippen LogP contribution in [0.5, 0.6) is 0 Å². The van der Waals surface area contributed by atoms with Crippen LogP contribution in [0.2, 0.25) is 0 Å². The molecule has 4 rings (SSSR count). The minimum atomic E-state index is 0.714. The molecule has 130 valence electrons. The second-order valence-corrected chi connectivity index (χ2v) is 6.97. The Morgan fingerprint density at radius 1 is 1.20 bits per heavy atom. The Hall–Kier alpha value is -2.24. The summed E-state index contributed by atoms with van der Waals surface area (Å²) in [5.41, 5.74) is 3.53. The lowest BCUT2D eigenvalue weighted by atomic mass is 10.1. The zero-order valence-electron chi connectivity index (χ0n) is 14.7. The molecule has 1 aliphatic heterocycles. The van der Waals surface area contributed by atoms with Crippen molar-refractivity contribution in [3.63, 3.8) is 0 Å². The van der Waals surface area contributed by atoms with Gasteiger partial charge in [0.05, 0.1) is 17.6 Å². The van der Waals surface area contributed by atoms with Gasteiger partial charge in [0, 0.05) is 32.5 Å². The predicted octanol–water partition coefficient (Wildman–Crippen LogP) is 2.58. The number of para-hydroxylation sites is 2. The summed E-state index contributed by atoms with van der Waals surface area (Å²) in [4.78, 5) is 11.6. The highest BCUT2D eigenvalue weighted by Gasteiger charge is 2.20. The first kappa shape index (κ1) is 16.2. The van der Waals surface area contributed by atoms with E-state index >= 15 is 0 Å². The number of hydrogen-bond donors (Lipinski definition) is 1. The molecule has 5 nitrogen and oxygen atoms in total. The van der Waals surface area contributed by atoms with Gasteiger partial charge in [-0.25, -0.2) is 4.98 Å². The van der Waals surface area contributed by atoms with E-state index in [9.17, 15) is 0 Å². The highest BCUT2D eigenvalue weighted by molar-refractivity contribution is 5.75. The van der Waals surface area contributed by atoms with Gasteiger partial charge in [0.1, 0.15) is 5.82 Å². The predicted molar refractivity (Wildman–Crippen MR) is 100 cm³/mol. The summed E-state index contributed by atoms with van der Waals surface area (Å²) in [6, 6.07) is 12.5. The Morgan fingerprint density at radius 3 is 2.88 bits per heavy atom. The molecule has 0 aliphatic carbocycles. The zero-order valence-corrected chi connectivity index (χ0v) is 14.7. The third-order valence-corrected chi connectivity index (χ3v) is 5.05. The number of aryl methyl sites for hydroxylation is 1. The van der Waals surface area contributed by atoms with Crippen LogP contribution in [-0.2, 0) is 20.1 Å². The van der Waals surface area contributed by atoms with Crippen molar-refractivity contribution in [3.05, 3.63) is 60.2 Å². The molecule has 0 radical (unpaired) electrons. The lowest BCUT2D eigenvalue weighted by Crippen LogP contribution is -2.31. The van der Waals surface area contributed by atoms with E-state index in [1.54, 1.807) is 0 Å². The van der Waals surface area contributed by atoms with Gasteiger partial charge in [-0.1, -0.05) is 18.2 Å². The summed E-state index contributed by atoms with van der Waals surface area (Å²) in [5.74, 6) is 1.84. The van der Waals surface area contributed by atoms with E-state index in [1.165, 1.54) is 17.5 Å². The fraction of sp³-hybridized carbons (Fsp3) is 0.400. The summed E-state index contributed by atoms with van der Waals surface area (Å²) in [5, 5.41) is 3.48. The standard InChI is InChI=1S/C20H25N5/c1-24-19-7-3-2-6-18(19)23-20(24)15-25(14-17-8-10-22-12-17)13-16-5-4-9-21-11-16/h2-7,9,11,17,22H,8,10,12-15H2,1H3/t17-/m1/s1. The van der Waals surface area contributed by atoms with Crippen molar-refractivity contribution in [2.75, 3.05) is 19.6 Å². The first-order chi connectivity index (χ1) is 12.3. The molecule has 5 heteroatoms. The molecule has 1 N–H and O–H groups in total. The number of aromatic nitrogens is 3. The van der Waals surface area contributed by atoms with Crippen LogP contribution in [0.4, 0.5) is 0 Å². The maximum Gasteiger partial charge on any atom is 0.123 e. The fourth-order valence-corrected chi connectivity index (χ4v) is 3.71. The zero-order chi connectivity index (χ0) is 17.1. The highest BCUT2D eigenvalue weighted by Crippen LogP contribution is 2.18. The number of rotatable bonds is 6. The van der Waals surface area contributed by atoms with E-state index in [0.29, 0.717) is 5.92 Å². The lowest BCUT2D eigenvalue weighted by molar-refractivity contribution is 0.214. The number of fused-ring (bicyclic) bond motifs is 1. The average molecular weight is 335 g/mol. The smallest absolute Gasteiger partial charge is 0.123 e. The van der Waals surface area contributed by atoms with Crippen molar-refractivity contribution < 1.29 is 0 Å². The third-order valence-electron chi connectivity index (χ3n) is 5.05. The number of imidazole rings is 1. The number of hydrogen-bond acceptors (Lipinski definition) is 4. The van der Waals surface area contributed by atoms with Gasteiger partial charge >= 0.3 is 0 Å². The number of nitrogens with zero attached hydrogens (tertiary/aromatic N) is 4. The van der Waals surface area contributed by atoms with Crippen molar-refractivity contribution in [1.29, 1.82) is 0 Å². The van der Waals surface area contributed by atoms with Gasteiger partial charge < -0.3 is 9.88 Å². The highest BCUT2D eigenvalue weighted by atomic mass is 15.2. The van der Waals surface area contributed by atoms with E-state index in [2.05, 4.69) is 57.1 Å². The second kappa shape index (κ2) is 7.33. The summed E-state index contributed by atoms with van der Waals surface area (Å²) in [7, 11) is 2.12. The minimum Gasteiger partial charge on any atom is -0.330 e. The van der Waals surface area contributed by atoms with Gasteiger partial charge in [-0.2, -0.15) is 0 Å². The molecule has 0 unspecified atom stereocenters. The molecule has 1 aliphatic rings. The SMILES string of the molecule is Cn1c(CN(Cc2cccnc2)C[C@@H]2CCNC2)nc2ccccc21. The van der Waals surface area contributed by atoms with Crippen molar-refractivity contribution in [2.45, 2.75) is 19.5 Å². The maximum atomic E-state index is 4.86. The summed E-state index contributed by atoms with van der Waals surface area (Å²) in [6.07, 6.45) is 5.06. The summed E-state index contributed by atoms with van der Waals surface area (Å²) >= 11 is 0. The Labute approximate surface area is 148 Å². The molecule has 1 fully saturated rings. The molecule has 3 heterocycles. The Kier molecular flexibility index (Phi) is 4.76. The van der Waals surface area contributed by atoms with Crippen LogP contribution in [-0.4, -0.2) is 39.1 Å². The largest absolute Gasteiger partial charge is 0.330 e. The molecular formula is C20H25N5. The molecule has 1 saturated heterocycles. The van der Waals surface area contributed by atoms with Crippen LogP contribution in [0, 0.1) is 5.92 Å². The Morgan fingerprint density at radius 2 is 2.12 bits per heavy atom. The van der Waals surface area contributed by atoms with E-state index in [-0.39, 0.29) is 0 Å². The van der Waals surface area contributed by atoms with E-state index < -0.39 is 0 Å². The molecule has 0 bridgehead atoms. The van der Waals surface area contributed by atoms with Crippen molar-refractivity contribution in [3.8, 4) is 0 Å². The third kappa shape index (κ3) is 3.72. The van der Waals surface area contributed by atoms with Gasteiger partial charge in [-0.05, 0) is 49.2 Å². The van der Waals surface area contributed by atoms with Gasteiger partial charge in [0.25, 0.3) is 0 Å². The molecule has 25 heavy (non-hydrogen) atoms. The van der Waals surface area contributed by atoms with Gasteiger partial charge in [-0.15, -0.1) is 0 Å². The topological polar surface area (TPSA) is 46.0 Å². The molecule has 1 atom stereocenters. The van der Waals surface area contributed by atoms with Crippen LogP contribution >= 0.6 is 0 Å². The monoisotopic (exact) mass is 335 g/mol. The van der Waals surface area contributed by atoms with Crippen LogP contribution < -0.4 is 5.32 Å². The van der Waals surface area contributed by atoms with Crippen molar-refractivity contribution in [2.24, 2.45) is 13.0 Å². The molecule has 0 saturated carbocycles. The normalized spacial score (nSPS) is 17.6. The number of benzene rings is 1.